The van der Waals surface area contributed by atoms with E-state index >= 15 is 0 Å². The molecule has 146 valence electrons. The van der Waals surface area contributed by atoms with E-state index in [9.17, 15) is 4.79 Å². The number of benzene rings is 2. The van der Waals surface area contributed by atoms with Gasteiger partial charge in [-0.3, -0.25) is 0 Å². The number of hydrogen-bond donors (Lipinski definition) is 0. The predicted molar refractivity (Wildman–Crippen MR) is 102 cm³/mol. The molecule has 0 spiro atoms. The van der Waals surface area contributed by atoms with E-state index in [2.05, 4.69) is 50.8 Å². The van der Waals surface area contributed by atoms with Crippen LogP contribution in [0.25, 0.3) is 0 Å². The summed E-state index contributed by atoms with van der Waals surface area (Å²) < 4.78 is 18.4. The Morgan fingerprint density at radius 3 is 2.26 bits per heavy atom. The summed E-state index contributed by atoms with van der Waals surface area (Å²) in [6.45, 7) is 12.1. The summed E-state index contributed by atoms with van der Waals surface area (Å²) in [6.07, 6.45) is 1.32. The Hall–Kier alpha value is -2.02. The monoisotopic (exact) mass is 481 g/mol. The normalized spacial score (nSPS) is 10.5. The molecule has 0 radical (unpaired) electrons. The molecule has 27 heavy (non-hydrogen) atoms. The fraction of sp³-hybridized carbons (Fsp3) is 0.318. The number of ether oxygens (including phenoxy) is 3. The van der Waals surface area contributed by atoms with E-state index in [1.807, 2.05) is 13.8 Å². The first-order valence-corrected chi connectivity index (χ1v) is 10.9. The van der Waals surface area contributed by atoms with Crippen LogP contribution in [0.2, 0.25) is 0 Å². The number of aryl methyl sites for hydroxylation is 4. The van der Waals surface area contributed by atoms with Crippen LogP contribution in [-0.2, 0) is 14.3 Å². The topological polar surface area (TPSA) is 44.8 Å². The van der Waals surface area contributed by atoms with Gasteiger partial charge < -0.3 is 0 Å². The van der Waals surface area contributed by atoms with Gasteiger partial charge in [-0.1, -0.05) is 6.58 Å². The maximum absolute atomic E-state index is 11.7. The molecule has 0 bridgehead atoms. The van der Waals surface area contributed by atoms with E-state index in [0.717, 1.165) is 16.9 Å². The number of carbonyl (C=O) groups excluding carboxylic acids is 1. The second-order valence-electron chi connectivity index (χ2n) is 6.24. The molecule has 0 saturated carbocycles. The van der Waals surface area contributed by atoms with Gasteiger partial charge in [-0.05, 0) is 0 Å². The van der Waals surface area contributed by atoms with E-state index in [4.69, 9.17) is 14.2 Å². The number of rotatable bonds is 9. The van der Waals surface area contributed by atoms with Gasteiger partial charge in [0.1, 0.15) is 0 Å². The van der Waals surface area contributed by atoms with Crippen LogP contribution in [0.15, 0.2) is 43.2 Å². The molecule has 0 aliphatic carbocycles. The van der Waals surface area contributed by atoms with Crippen LogP contribution < -0.4 is 25.9 Å². The summed E-state index contributed by atoms with van der Waals surface area (Å²) in [6, 6.07) is 11.0. The molecule has 0 unspecified atom stereocenters. The number of halogens is 1. The SMILES string of the molecule is C=COCCOC(=O)COc1c(C)cc([I-]c2ccc(C)c(C)c2)cc1C. The first-order valence-electron chi connectivity index (χ1n) is 8.75. The molecule has 0 saturated heterocycles. The number of carbonyl (C=O) groups is 1. The molecular weight excluding hydrogens is 455 g/mol. The van der Waals surface area contributed by atoms with E-state index in [0.29, 0.717) is 6.61 Å². The van der Waals surface area contributed by atoms with Crippen molar-refractivity contribution in [2.75, 3.05) is 19.8 Å². The van der Waals surface area contributed by atoms with Gasteiger partial charge in [0.05, 0.1) is 0 Å². The quantitative estimate of drug-likeness (QED) is 0.233. The molecule has 4 nitrogen and oxygen atoms in total. The molecule has 0 atom stereocenters. The maximum atomic E-state index is 11.7. The summed E-state index contributed by atoms with van der Waals surface area (Å²) in [5.74, 6) is 0.343. The first-order chi connectivity index (χ1) is 12.9. The standard InChI is InChI=1S/C22H26IO4/c1-6-25-9-10-26-21(24)14-27-22-17(4)12-20(13-18(22)5)23-19-8-7-15(2)16(3)11-19/h6-8,11-13H,1,9-10,14H2,2-5H3/q-1. The van der Waals surface area contributed by atoms with Gasteiger partial charge in [-0.25, -0.2) is 0 Å². The van der Waals surface area contributed by atoms with Crippen molar-refractivity contribution < 1.29 is 40.2 Å². The third kappa shape index (κ3) is 6.57. The first kappa shape index (κ1) is 21.3. The van der Waals surface area contributed by atoms with Crippen LogP contribution in [0.4, 0.5) is 0 Å². The summed E-state index contributed by atoms with van der Waals surface area (Å²) in [7, 11) is 0. The van der Waals surface area contributed by atoms with Gasteiger partial charge in [-0.2, -0.15) is 0 Å². The Morgan fingerprint density at radius 1 is 0.963 bits per heavy atom. The van der Waals surface area contributed by atoms with E-state index in [1.165, 1.54) is 24.5 Å². The van der Waals surface area contributed by atoms with Gasteiger partial charge in [-0.15, -0.1) is 0 Å². The second kappa shape index (κ2) is 10.3. The summed E-state index contributed by atoms with van der Waals surface area (Å²) in [4.78, 5) is 11.7. The molecule has 0 aliphatic rings. The number of hydrogen-bond acceptors (Lipinski definition) is 4. The van der Waals surface area contributed by atoms with Gasteiger partial charge in [0.15, 0.2) is 0 Å². The third-order valence-corrected chi connectivity index (χ3v) is 6.57. The average Bonchev–Trinajstić information content (AvgIpc) is 2.61. The van der Waals surface area contributed by atoms with Crippen LogP contribution in [0.5, 0.6) is 5.75 Å². The molecule has 0 aromatic heterocycles. The van der Waals surface area contributed by atoms with E-state index < -0.39 is 5.97 Å². The average molecular weight is 481 g/mol. The van der Waals surface area contributed by atoms with Crippen molar-refractivity contribution in [1.29, 1.82) is 0 Å². The van der Waals surface area contributed by atoms with Crippen molar-refractivity contribution >= 4 is 5.97 Å². The van der Waals surface area contributed by atoms with Crippen molar-refractivity contribution in [3.05, 3.63) is 72.6 Å². The van der Waals surface area contributed by atoms with E-state index in [-0.39, 0.29) is 34.4 Å². The summed E-state index contributed by atoms with van der Waals surface area (Å²) in [5.41, 5.74) is 4.73. The Balaban J connectivity index is 1.98. The van der Waals surface area contributed by atoms with Crippen molar-refractivity contribution in [3.63, 3.8) is 0 Å². The van der Waals surface area contributed by atoms with Crippen LogP contribution in [-0.4, -0.2) is 25.8 Å². The van der Waals surface area contributed by atoms with Gasteiger partial charge in [0.25, 0.3) is 0 Å². The zero-order chi connectivity index (χ0) is 19.8. The second-order valence-corrected chi connectivity index (χ2v) is 9.27. The molecule has 2 aromatic carbocycles. The molecule has 2 aromatic rings. The summed E-state index contributed by atoms with van der Waals surface area (Å²) in [5, 5.41) is 0. The third-order valence-electron chi connectivity index (χ3n) is 4.03. The predicted octanol–water partition coefficient (Wildman–Crippen LogP) is 1.13. The molecule has 0 N–H and O–H groups in total. The summed E-state index contributed by atoms with van der Waals surface area (Å²) >= 11 is -0.251. The van der Waals surface area contributed by atoms with Crippen LogP contribution in [0, 0.1) is 34.8 Å². The van der Waals surface area contributed by atoms with Gasteiger partial charge >= 0.3 is 165 Å². The molecule has 5 heteroatoms. The van der Waals surface area contributed by atoms with Gasteiger partial charge in [0.2, 0.25) is 0 Å². The Labute approximate surface area is 171 Å². The minimum atomic E-state index is -0.409. The molecule has 2 rings (SSSR count). The Bertz CT molecular complexity index is 791. The molecule has 0 amide bonds. The van der Waals surface area contributed by atoms with Crippen molar-refractivity contribution in [3.8, 4) is 5.75 Å². The number of esters is 1. The Morgan fingerprint density at radius 2 is 1.63 bits per heavy atom. The Kier molecular flexibility index (Phi) is 8.16. The minimum absolute atomic E-state index is 0.110. The molecule has 0 heterocycles. The van der Waals surface area contributed by atoms with Crippen LogP contribution in [0.3, 0.4) is 0 Å². The van der Waals surface area contributed by atoms with E-state index in [1.54, 1.807) is 0 Å². The van der Waals surface area contributed by atoms with Crippen LogP contribution in [0.1, 0.15) is 22.3 Å². The zero-order valence-electron chi connectivity index (χ0n) is 16.3. The zero-order valence-corrected chi connectivity index (χ0v) is 18.5. The van der Waals surface area contributed by atoms with Crippen molar-refractivity contribution in [2.24, 2.45) is 0 Å². The molecule has 0 fully saturated rings. The fourth-order valence-corrected chi connectivity index (χ4v) is 5.48. The van der Waals surface area contributed by atoms with Crippen LogP contribution >= 0.6 is 0 Å². The van der Waals surface area contributed by atoms with Gasteiger partial charge in [0, 0.05) is 0 Å². The van der Waals surface area contributed by atoms with Crippen molar-refractivity contribution in [2.45, 2.75) is 27.7 Å². The molecular formula is C22H26IO4-. The fourth-order valence-electron chi connectivity index (χ4n) is 2.53. The molecule has 0 aliphatic heterocycles. The van der Waals surface area contributed by atoms with Crippen molar-refractivity contribution in [1.82, 2.24) is 0 Å².